The number of aliphatic hydroxyl groups is 2. The molecule has 1 aromatic rings. The number of carbonyl (C=O) groups is 3. The van der Waals surface area contributed by atoms with E-state index in [1.165, 1.54) is 6.92 Å². The molecule has 2 amide bonds. The molecule has 0 aromatic heterocycles. The molecule has 3 unspecified atom stereocenters. The summed E-state index contributed by atoms with van der Waals surface area (Å²) in [5.41, 5.74) is 0.414. The molecule has 0 saturated heterocycles. The van der Waals surface area contributed by atoms with Crippen LogP contribution in [0.2, 0.25) is 0 Å². The minimum absolute atomic E-state index is 0.0379. The Balaban J connectivity index is 1.86. The van der Waals surface area contributed by atoms with Crippen molar-refractivity contribution >= 4 is 40.2 Å². The number of nitrogens with zero attached hydrogens (tertiary/aromatic N) is 1. The second-order valence-corrected chi connectivity index (χ2v) is 10.2. The van der Waals surface area contributed by atoms with E-state index in [0.29, 0.717) is 36.6 Å². The zero-order chi connectivity index (χ0) is 24.7. The molecule has 8 nitrogen and oxygen atoms in total. The first kappa shape index (κ1) is 26.6. The van der Waals surface area contributed by atoms with Crippen molar-refractivity contribution in [3.05, 3.63) is 39.5 Å². The third-order valence-corrected chi connectivity index (χ3v) is 7.00. The van der Waals surface area contributed by atoms with Crippen molar-refractivity contribution in [2.45, 2.75) is 63.7 Å². The van der Waals surface area contributed by atoms with Gasteiger partial charge in [0.15, 0.2) is 0 Å². The average molecular weight is 584 g/mol. The van der Waals surface area contributed by atoms with Crippen LogP contribution in [0.15, 0.2) is 35.9 Å². The molecule has 2 aliphatic rings. The minimum atomic E-state index is -1.03. The van der Waals surface area contributed by atoms with Gasteiger partial charge >= 0.3 is 0 Å². The number of aliphatic hydroxyl groups excluding tert-OH is 2. The van der Waals surface area contributed by atoms with E-state index in [1.807, 2.05) is 18.2 Å². The lowest BCUT2D eigenvalue weighted by Gasteiger charge is -2.40. The summed E-state index contributed by atoms with van der Waals surface area (Å²) in [6.07, 6.45) is 3.03. The number of para-hydroxylation sites is 1. The Morgan fingerprint density at radius 3 is 2.59 bits per heavy atom. The van der Waals surface area contributed by atoms with Gasteiger partial charge in [-0.25, -0.2) is 0 Å². The number of Topliss-reactive ketones (excluding diaryl/α,β-unsaturated/α-hetero) is 1. The molecule has 186 valence electrons. The van der Waals surface area contributed by atoms with E-state index in [0.717, 1.165) is 16.4 Å². The monoisotopic (exact) mass is 584 g/mol. The van der Waals surface area contributed by atoms with Gasteiger partial charge in [0.05, 0.1) is 16.2 Å². The van der Waals surface area contributed by atoms with Crippen molar-refractivity contribution in [3.8, 4) is 5.75 Å². The zero-order valence-corrected chi connectivity index (χ0v) is 21.6. The van der Waals surface area contributed by atoms with Crippen molar-refractivity contribution in [3.63, 3.8) is 0 Å². The van der Waals surface area contributed by atoms with E-state index in [-0.39, 0.29) is 43.6 Å². The predicted octanol–water partition coefficient (Wildman–Crippen LogP) is 2.20. The molecule has 0 spiro atoms. The standard InChI is InChI=1S/C25H33IN2O6/c1-16(30)5-4-8-23(31)28(15-17-9-10-17)20-13-18(25(33)27-11-12-29)14-22(24(20)32)34-21-7-3-2-6-19(21)26/h2-3,6-7,14,17,20,22,24,29,32H,4-5,8-13,15H2,1H3,(H,27,33). The van der Waals surface area contributed by atoms with Crippen molar-refractivity contribution in [2.75, 3.05) is 19.7 Å². The third-order valence-electron chi connectivity index (χ3n) is 6.11. The number of benzene rings is 1. The lowest BCUT2D eigenvalue weighted by Crippen LogP contribution is -2.55. The molecule has 34 heavy (non-hydrogen) atoms. The number of hydrogen-bond acceptors (Lipinski definition) is 6. The average Bonchev–Trinajstić information content (AvgIpc) is 3.62. The van der Waals surface area contributed by atoms with Crippen molar-refractivity contribution < 1.29 is 29.3 Å². The smallest absolute Gasteiger partial charge is 0.247 e. The van der Waals surface area contributed by atoms with Crippen molar-refractivity contribution in [1.29, 1.82) is 0 Å². The van der Waals surface area contributed by atoms with E-state index in [9.17, 15) is 19.5 Å². The fourth-order valence-corrected chi connectivity index (χ4v) is 4.61. The van der Waals surface area contributed by atoms with Gasteiger partial charge in [-0.15, -0.1) is 0 Å². The van der Waals surface area contributed by atoms with Gasteiger partial charge in [-0.05, 0) is 72.9 Å². The highest BCUT2D eigenvalue weighted by molar-refractivity contribution is 14.1. The van der Waals surface area contributed by atoms with E-state index >= 15 is 0 Å². The normalized spacial score (nSPS) is 22.0. The summed E-state index contributed by atoms with van der Waals surface area (Å²) >= 11 is 2.15. The van der Waals surface area contributed by atoms with Crippen LogP contribution >= 0.6 is 22.6 Å². The number of nitrogens with one attached hydrogen (secondary N) is 1. The molecule has 1 saturated carbocycles. The highest BCUT2D eigenvalue weighted by Gasteiger charge is 2.42. The van der Waals surface area contributed by atoms with Gasteiger partial charge in [-0.3, -0.25) is 9.59 Å². The molecule has 3 N–H and O–H groups in total. The molecule has 0 bridgehead atoms. The largest absolute Gasteiger partial charge is 0.482 e. The Bertz CT molecular complexity index is 916. The molecule has 1 fully saturated rings. The SMILES string of the molecule is CC(=O)CCCC(=O)N(CC1CC1)C1CC(C(=O)NCCO)=CC(Oc2ccccc2I)C1O. The van der Waals surface area contributed by atoms with E-state index in [1.54, 1.807) is 17.0 Å². The van der Waals surface area contributed by atoms with Gasteiger partial charge in [0.25, 0.3) is 0 Å². The Morgan fingerprint density at radius 1 is 1.21 bits per heavy atom. The molecule has 1 aromatic carbocycles. The van der Waals surface area contributed by atoms with Crippen LogP contribution in [-0.4, -0.2) is 70.7 Å². The molecule has 2 aliphatic carbocycles. The number of carbonyl (C=O) groups excluding carboxylic acids is 3. The third kappa shape index (κ3) is 7.51. The first-order chi connectivity index (χ1) is 16.3. The van der Waals surface area contributed by atoms with Gasteiger partial charge in [0.2, 0.25) is 11.8 Å². The molecule has 3 rings (SSSR count). The fourth-order valence-electron chi connectivity index (χ4n) is 4.10. The summed E-state index contributed by atoms with van der Waals surface area (Å²) in [4.78, 5) is 39.0. The minimum Gasteiger partial charge on any atom is -0.482 e. The second kappa shape index (κ2) is 12.6. The molecular weight excluding hydrogens is 551 g/mol. The van der Waals surface area contributed by atoms with Gasteiger partial charge < -0.3 is 30.0 Å². The summed E-state index contributed by atoms with van der Waals surface area (Å²) in [5, 5.41) is 23.1. The topological polar surface area (TPSA) is 116 Å². The van der Waals surface area contributed by atoms with Crippen LogP contribution in [0.1, 0.15) is 45.4 Å². The van der Waals surface area contributed by atoms with Crippen LogP contribution in [0.5, 0.6) is 5.75 Å². The van der Waals surface area contributed by atoms with Crippen LogP contribution in [0.25, 0.3) is 0 Å². The van der Waals surface area contributed by atoms with Crippen LogP contribution in [0, 0.1) is 9.49 Å². The van der Waals surface area contributed by atoms with Gasteiger partial charge in [0.1, 0.15) is 23.7 Å². The van der Waals surface area contributed by atoms with Crippen LogP contribution < -0.4 is 10.1 Å². The first-order valence-corrected chi connectivity index (χ1v) is 12.9. The van der Waals surface area contributed by atoms with Gasteiger partial charge in [-0.2, -0.15) is 0 Å². The molecule has 3 atom stereocenters. The number of amides is 2. The Morgan fingerprint density at radius 2 is 1.94 bits per heavy atom. The quantitative estimate of drug-likeness (QED) is 0.325. The zero-order valence-electron chi connectivity index (χ0n) is 19.4. The summed E-state index contributed by atoms with van der Waals surface area (Å²) in [7, 11) is 0. The summed E-state index contributed by atoms with van der Waals surface area (Å²) in [6, 6.07) is 6.78. The molecule has 0 radical (unpaired) electrons. The Hall–Kier alpha value is -1.98. The number of halogens is 1. The summed E-state index contributed by atoms with van der Waals surface area (Å²) < 4.78 is 7.00. The number of hydrogen-bond donors (Lipinski definition) is 3. The van der Waals surface area contributed by atoms with Gasteiger partial charge in [0, 0.05) is 37.9 Å². The molecular formula is C25H33IN2O6. The van der Waals surface area contributed by atoms with Crippen molar-refractivity contribution in [2.24, 2.45) is 5.92 Å². The van der Waals surface area contributed by atoms with E-state index in [2.05, 4.69) is 27.9 Å². The molecule has 9 heteroatoms. The van der Waals surface area contributed by atoms with Crippen molar-refractivity contribution in [1.82, 2.24) is 10.2 Å². The van der Waals surface area contributed by atoms with Crippen LogP contribution in [-0.2, 0) is 14.4 Å². The second-order valence-electron chi connectivity index (χ2n) is 8.99. The highest BCUT2D eigenvalue weighted by Crippen LogP contribution is 2.34. The summed E-state index contributed by atoms with van der Waals surface area (Å²) in [5.74, 6) is 0.535. The number of ether oxygens (including phenoxy) is 1. The number of rotatable bonds is 12. The van der Waals surface area contributed by atoms with Crippen LogP contribution in [0.4, 0.5) is 0 Å². The number of ketones is 1. The predicted molar refractivity (Wildman–Crippen MR) is 135 cm³/mol. The lowest BCUT2D eigenvalue weighted by molar-refractivity contribution is -0.139. The maximum absolute atomic E-state index is 13.2. The maximum Gasteiger partial charge on any atom is 0.247 e. The summed E-state index contributed by atoms with van der Waals surface area (Å²) in [6.45, 7) is 1.95. The Labute approximate surface area is 213 Å². The lowest BCUT2D eigenvalue weighted by atomic mass is 9.87. The molecule has 0 heterocycles. The van der Waals surface area contributed by atoms with E-state index < -0.39 is 18.2 Å². The highest BCUT2D eigenvalue weighted by atomic mass is 127. The fraction of sp³-hybridized carbons (Fsp3) is 0.560. The maximum atomic E-state index is 13.2. The molecule has 0 aliphatic heterocycles. The first-order valence-electron chi connectivity index (χ1n) is 11.8. The Kier molecular flexibility index (Phi) is 9.90. The van der Waals surface area contributed by atoms with E-state index in [4.69, 9.17) is 9.84 Å². The van der Waals surface area contributed by atoms with Crippen LogP contribution in [0.3, 0.4) is 0 Å². The van der Waals surface area contributed by atoms with Gasteiger partial charge in [-0.1, -0.05) is 12.1 Å².